The molecule has 0 aromatic heterocycles. The van der Waals surface area contributed by atoms with Crippen molar-refractivity contribution in [2.75, 3.05) is 13.2 Å². The maximum Gasteiger partial charge on any atom is 0.407 e. The third-order valence-electron chi connectivity index (χ3n) is 7.24. The van der Waals surface area contributed by atoms with Gasteiger partial charge in [0.1, 0.15) is 18.7 Å². The molecule has 1 heterocycles. The van der Waals surface area contributed by atoms with Crippen LogP contribution in [0.5, 0.6) is 0 Å². The first-order valence-corrected chi connectivity index (χ1v) is 12.3. The number of hydrogen-bond acceptors (Lipinski definition) is 4. The predicted molar refractivity (Wildman–Crippen MR) is 133 cm³/mol. The fourth-order valence-electron chi connectivity index (χ4n) is 5.66. The van der Waals surface area contributed by atoms with Gasteiger partial charge in [0.2, 0.25) is 5.91 Å². The van der Waals surface area contributed by atoms with Gasteiger partial charge in [-0.2, -0.15) is 0 Å². The minimum atomic E-state index is -1.01. The van der Waals surface area contributed by atoms with Crippen LogP contribution in [0.2, 0.25) is 0 Å². The van der Waals surface area contributed by atoms with Crippen LogP contribution in [-0.2, 0) is 14.3 Å². The number of alkyl carbamates (subject to hydrolysis) is 1. The van der Waals surface area contributed by atoms with Crippen molar-refractivity contribution >= 4 is 18.0 Å². The van der Waals surface area contributed by atoms with E-state index in [1.54, 1.807) is 0 Å². The zero-order valence-electron chi connectivity index (χ0n) is 20.7. The molecule has 2 aromatic carbocycles. The molecule has 1 aliphatic heterocycles. The van der Waals surface area contributed by atoms with Gasteiger partial charge in [-0.1, -0.05) is 76.2 Å². The van der Waals surface area contributed by atoms with E-state index in [-0.39, 0.29) is 36.2 Å². The van der Waals surface area contributed by atoms with E-state index in [0.717, 1.165) is 28.7 Å². The summed E-state index contributed by atoms with van der Waals surface area (Å²) in [6.45, 7) is 8.04. The van der Waals surface area contributed by atoms with E-state index >= 15 is 0 Å². The highest BCUT2D eigenvalue weighted by Gasteiger charge is 2.42. The Hall–Kier alpha value is -3.35. The van der Waals surface area contributed by atoms with Gasteiger partial charge >= 0.3 is 12.1 Å². The number of nitrogens with zero attached hydrogens (tertiary/aromatic N) is 1. The summed E-state index contributed by atoms with van der Waals surface area (Å²) in [7, 11) is 0. The molecule has 4 rings (SSSR count). The van der Waals surface area contributed by atoms with Crippen LogP contribution < -0.4 is 5.32 Å². The number of benzene rings is 2. The van der Waals surface area contributed by atoms with E-state index in [0.29, 0.717) is 6.54 Å². The van der Waals surface area contributed by atoms with Crippen LogP contribution in [-0.4, -0.2) is 53.2 Å². The molecule has 0 spiro atoms. The van der Waals surface area contributed by atoms with Gasteiger partial charge in [-0.25, -0.2) is 9.59 Å². The summed E-state index contributed by atoms with van der Waals surface area (Å²) in [6, 6.07) is 14.4. The Bertz CT molecular complexity index is 1070. The van der Waals surface area contributed by atoms with Gasteiger partial charge in [0, 0.05) is 12.5 Å². The number of carbonyl (C=O) groups is 3. The first kappa shape index (κ1) is 24.8. The summed E-state index contributed by atoms with van der Waals surface area (Å²) >= 11 is 0. The molecule has 0 bridgehead atoms. The van der Waals surface area contributed by atoms with Crippen LogP contribution in [0.4, 0.5) is 4.79 Å². The SMILES string of the molecule is CC1CC(C)C(C(=O)O)N(C(=O)C(NC(=O)OCC2c3ccccc3-c3ccccc32)C(C)C)C1. The van der Waals surface area contributed by atoms with Crippen LogP contribution >= 0.6 is 0 Å². The molecule has 1 saturated heterocycles. The molecule has 7 nitrogen and oxygen atoms in total. The van der Waals surface area contributed by atoms with Gasteiger partial charge in [-0.3, -0.25) is 4.79 Å². The third kappa shape index (κ3) is 4.90. The Morgan fingerprint density at radius 3 is 2.14 bits per heavy atom. The van der Waals surface area contributed by atoms with E-state index in [4.69, 9.17) is 4.74 Å². The number of carboxylic acid groups (broad SMARTS) is 1. The van der Waals surface area contributed by atoms with Gasteiger partial charge < -0.3 is 20.1 Å². The molecule has 1 fully saturated rings. The van der Waals surface area contributed by atoms with Crippen LogP contribution in [0.15, 0.2) is 48.5 Å². The Labute approximate surface area is 206 Å². The minimum absolute atomic E-state index is 0.0819. The number of carboxylic acids is 1. The topological polar surface area (TPSA) is 95.9 Å². The summed E-state index contributed by atoms with van der Waals surface area (Å²) < 4.78 is 5.64. The number of piperidine rings is 1. The second-order valence-electron chi connectivity index (χ2n) is 10.3. The van der Waals surface area contributed by atoms with Crippen molar-refractivity contribution in [2.24, 2.45) is 17.8 Å². The summed E-state index contributed by atoms with van der Waals surface area (Å²) in [5.41, 5.74) is 4.50. The van der Waals surface area contributed by atoms with Crippen molar-refractivity contribution in [2.45, 2.75) is 52.1 Å². The molecule has 2 aromatic rings. The zero-order valence-corrected chi connectivity index (χ0v) is 20.7. The van der Waals surface area contributed by atoms with E-state index in [9.17, 15) is 19.5 Å². The fourth-order valence-corrected chi connectivity index (χ4v) is 5.66. The van der Waals surface area contributed by atoms with Crippen molar-refractivity contribution in [1.29, 1.82) is 0 Å². The number of hydrogen-bond donors (Lipinski definition) is 2. The highest BCUT2D eigenvalue weighted by molar-refractivity contribution is 5.90. The highest BCUT2D eigenvalue weighted by Crippen LogP contribution is 2.44. The molecule has 35 heavy (non-hydrogen) atoms. The standard InChI is InChI=1S/C28H34N2O5/c1-16(2)24(26(31)30-14-17(3)13-18(4)25(30)27(32)33)29-28(34)35-15-23-21-11-7-5-9-19(21)20-10-6-8-12-22(20)23/h5-12,16-18,23-25H,13-15H2,1-4H3,(H,29,34)(H,32,33). The normalized spacial score (nSPS) is 22.3. The monoisotopic (exact) mass is 478 g/mol. The van der Waals surface area contributed by atoms with Gasteiger partial charge in [0.25, 0.3) is 0 Å². The second-order valence-corrected chi connectivity index (χ2v) is 10.3. The molecule has 7 heteroatoms. The number of likely N-dealkylation sites (tertiary alicyclic amines) is 1. The summed E-state index contributed by atoms with van der Waals surface area (Å²) in [5, 5.41) is 12.5. The predicted octanol–water partition coefficient (Wildman–Crippen LogP) is 4.51. The van der Waals surface area contributed by atoms with Crippen molar-refractivity contribution in [3.63, 3.8) is 0 Å². The molecular formula is C28H34N2O5. The Balaban J connectivity index is 1.46. The number of rotatable bonds is 6. The molecule has 2 N–H and O–H groups in total. The van der Waals surface area contributed by atoms with E-state index in [1.165, 1.54) is 4.90 Å². The number of aliphatic carboxylic acids is 1. The van der Waals surface area contributed by atoms with Gasteiger partial charge in [-0.15, -0.1) is 0 Å². The van der Waals surface area contributed by atoms with Crippen LogP contribution in [0.25, 0.3) is 11.1 Å². The summed E-state index contributed by atoms with van der Waals surface area (Å²) in [4.78, 5) is 39.7. The lowest BCUT2D eigenvalue weighted by Gasteiger charge is -2.42. The molecule has 2 amide bonds. The maximum atomic E-state index is 13.5. The number of nitrogens with one attached hydrogen (secondary N) is 1. The van der Waals surface area contributed by atoms with E-state index < -0.39 is 24.1 Å². The van der Waals surface area contributed by atoms with Gasteiger partial charge in [-0.05, 0) is 46.4 Å². The molecule has 0 saturated carbocycles. The number of fused-ring (bicyclic) bond motifs is 3. The van der Waals surface area contributed by atoms with E-state index in [1.807, 2.05) is 64.1 Å². The van der Waals surface area contributed by atoms with Gasteiger partial charge in [0.05, 0.1) is 0 Å². The van der Waals surface area contributed by atoms with Crippen molar-refractivity contribution in [3.05, 3.63) is 59.7 Å². The Morgan fingerprint density at radius 1 is 1.03 bits per heavy atom. The first-order valence-electron chi connectivity index (χ1n) is 12.3. The average Bonchev–Trinajstić information content (AvgIpc) is 3.13. The quantitative estimate of drug-likeness (QED) is 0.637. The number of ether oxygens (including phenoxy) is 1. The largest absolute Gasteiger partial charge is 0.480 e. The number of amides is 2. The first-order chi connectivity index (χ1) is 16.7. The molecule has 2 aliphatic rings. The molecule has 1 aliphatic carbocycles. The molecular weight excluding hydrogens is 444 g/mol. The van der Waals surface area contributed by atoms with Crippen LogP contribution in [0.1, 0.15) is 51.2 Å². The Kier molecular flexibility index (Phi) is 7.15. The maximum absolute atomic E-state index is 13.5. The minimum Gasteiger partial charge on any atom is -0.480 e. The van der Waals surface area contributed by atoms with Crippen LogP contribution in [0.3, 0.4) is 0 Å². The second kappa shape index (κ2) is 10.1. The molecule has 4 atom stereocenters. The average molecular weight is 479 g/mol. The zero-order chi connectivity index (χ0) is 25.3. The molecule has 186 valence electrons. The third-order valence-corrected chi connectivity index (χ3v) is 7.24. The lowest BCUT2D eigenvalue weighted by atomic mass is 9.84. The smallest absolute Gasteiger partial charge is 0.407 e. The lowest BCUT2D eigenvalue weighted by molar-refractivity contribution is -0.157. The molecule has 4 unspecified atom stereocenters. The van der Waals surface area contributed by atoms with Crippen molar-refractivity contribution in [1.82, 2.24) is 10.2 Å². The Morgan fingerprint density at radius 2 is 1.60 bits per heavy atom. The van der Waals surface area contributed by atoms with Crippen molar-refractivity contribution < 1.29 is 24.2 Å². The van der Waals surface area contributed by atoms with Crippen LogP contribution in [0, 0.1) is 17.8 Å². The fraction of sp³-hybridized carbons (Fsp3) is 0.464. The van der Waals surface area contributed by atoms with E-state index in [2.05, 4.69) is 17.4 Å². The summed E-state index contributed by atoms with van der Waals surface area (Å²) in [5.74, 6) is -1.68. The lowest BCUT2D eigenvalue weighted by Crippen LogP contribution is -2.60. The molecule has 0 radical (unpaired) electrons. The number of carbonyl (C=O) groups excluding carboxylic acids is 2. The highest BCUT2D eigenvalue weighted by atomic mass is 16.5. The van der Waals surface area contributed by atoms with Gasteiger partial charge in [0.15, 0.2) is 0 Å². The van der Waals surface area contributed by atoms with Crippen molar-refractivity contribution in [3.8, 4) is 11.1 Å². The summed E-state index contributed by atoms with van der Waals surface area (Å²) in [6.07, 6.45) is 0.0660.